The minimum Gasteiger partial charge on any atom is -0.378 e. The average molecular weight is 385 g/mol. The lowest BCUT2D eigenvalue weighted by Crippen LogP contribution is -2.08. The van der Waals surface area contributed by atoms with Crippen molar-refractivity contribution < 1.29 is 13.2 Å². The third-order valence-corrected chi connectivity index (χ3v) is 4.72. The lowest BCUT2D eigenvalue weighted by molar-refractivity contribution is -0.137. The first-order valence-electron chi connectivity index (χ1n) is 5.64. The van der Waals surface area contributed by atoms with Gasteiger partial charge in [0, 0.05) is 25.4 Å². The van der Waals surface area contributed by atoms with Crippen molar-refractivity contribution in [3.63, 3.8) is 0 Å². The van der Waals surface area contributed by atoms with E-state index in [9.17, 15) is 13.2 Å². The lowest BCUT2D eigenvalue weighted by Gasteiger charge is -2.16. The summed E-state index contributed by atoms with van der Waals surface area (Å²) in [6.45, 7) is 1.88. The Hall–Kier alpha value is -0.720. The van der Waals surface area contributed by atoms with E-state index in [1.54, 1.807) is 0 Å². The van der Waals surface area contributed by atoms with Crippen molar-refractivity contribution in [2.24, 2.45) is 0 Å². The maximum absolute atomic E-state index is 12.7. The second kappa shape index (κ2) is 5.95. The van der Waals surface area contributed by atoms with Gasteiger partial charge in [0.1, 0.15) is 0 Å². The van der Waals surface area contributed by atoms with Crippen LogP contribution in [0.25, 0.3) is 0 Å². The predicted octanol–water partition coefficient (Wildman–Crippen LogP) is 6.36. The minimum absolute atomic E-state index is 0.0573. The number of alkyl halides is 3. The number of halogens is 5. The Kier molecular flexibility index (Phi) is 4.66. The molecule has 1 N–H and O–H groups in total. The Balaban J connectivity index is 2.23. The summed E-state index contributed by atoms with van der Waals surface area (Å²) in [5, 5.41) is 5.01. The summed E-state index contributed by atoms with van der Waals surface area (Å²) in [6.07, 6.45) is -4.41. The van der Waals surface area contributed by atoms with Gasteiger partial charge in [-0.25, -0.2) is 0 Å². The molecule has 2 rings (SSSR count). The van der Waals surface area contributed by atoms with Gasteiger partial charge < -0.3 is 5.32 Å². The first-order chi connectivity index (χ1) is 9.25. The molecule has 20 heavy (non-hydrogen) atoms. The minimum atomic E-state index is -4.41. The first kappa shape index (κ1) is 15.7. The van der Waals surface area contributed by atoms with Crippen LogP contribution in [0.2, 0.25) is 5.02 Å². The second-order valence-corrected chi connectivity index (χ2v) is 6.55. The van der Waals surface area contributed by atoms with Gasteiger partial charge in [0.25, 0.3) is 0 Å². The molecule has 0 radical (unpaired) electrons. The normalized spacial score (nSPS) is 13.3. The van der Waals surface area contributed by atoms with Gasteiger partial charge in [0.15, 0.2) is 0 Å². The molecule has 0 aliphatic carbocycles. The molecule has 0 fully saturated rings. The highest BCUT2D eigenvalue weighted by atomic mass is 79.9. The molecular weight excluding hydrogens is 375 g/mol. The predicted molar refractivity (Wildman–Crippen MR) is 80.5 cm³/mol. The molecule has 0 aliphatic rings. The van der Waals surface area contributed by atoms with Gasteiger partial charge in [-0.2, -0.15) is 13.2 Å². The molecule has 0 aliphatic heterocycles. The molecule has 1 heterocycles. The SMILES string of the molecule is CC(Nc1cc(Cl)cc(C(F)(F)F)c1)c1cc(Br)cs1. The van der Waals surface area contributed by atoms with Crippen LogP contribution in [0.4, 0.5) is 18.9 Å². The monoisotopic (exact) mass is 383 g/mol. The fraction of sp³-hybridized carbons (Fsp3) is 0.231. The number of rotatable bonds is 3. The van der Waals surface area contributed by atoms with E-state index in [4.69, 9.17) is 11.6 Å². The van der Waals surface area contributed by atoms with E-state index in [2.05, 4.69) is 21.2 Å². The van der Waals surface area contributed by atoms with Crippen molar-refractivity contribution in [1.29, 1.82) is 0 Å². The van der Waals surface area contributed by atoms with E-state index in [1.165, 1.54) is 17.4 Å². The van der Waals surface area contributed by atoms with Gasteiger partial charge in [-0.05, 0) is 47.1 Å². The van der Waals surface area contributed by atoms with E-state index in [0.717, 1.165) is 21.5 Å². The fourth-order valence-corrected chi connectivity index (χ4v) is 3.40. The standard InChI is InChI=1S/C13H10BrClF3NS/c1-7(12-4-9(14)6-20-12)19-11-3-8(13(16,17)18)2-10(15)5-11/h2-7,19H,1H3. The molecule has 1 nitrogen and oxygen atoms in total. The number of nitrogens with one attached hydrogen (secondary N) is 1. The number of benzene rings is 1. The maximum Gasteiger partial charge on any atom is 0.416 e. The summed E-state index contributed by atoms with van der Waals surface area (Å²) in [6, 6.07) is 5.28. The molecule has 0 amide bonds. The average Bonchev–Trinajstić information content (AvgIpc) is 2.74. The Morgan fingerprint density at radius 1 is 1.25 bits per heavy atom. The molecular formula is C13H10BrClF3NS. The number of thiophene rings is 1. The van der Waals surface area contributed by atoms with E-state index in [0.29, 0.717) is 5.69 Å². The zero-order valence-corrected chi connectivity index (χ0v) is 13.4. The summed E-state index contributed by atoms with van der Waals surface area (Å²) in [5.74, 6) is 0. The quantitative estimate of drug-likeness (QED) is 0.649. The Labute approximate surface area is 131 Å². The van der Waals surface area contributed by atoms with Crippen LogP contribution < -0.4 is 5.32 Å². The summed E-state index contributed by atoms with van der Waals surface area (Å²) in [4.78, 5) is 1.02. The highest BCUT2D eigenvalue weighted by Crippen LogP contribution is 2.35. The summed E-state index contributed by atoms with van der Waals surface area (Å²) in [7, 11) is 0. The molecule has 1 aromatic heterocycles. The van der Waals surface area contributed by atoms with E-state index in [-0.39, 0.29) is 11.1 Å². The van der Waals surface area contributed by atoms with Gasteiger partial charge in [0.05, 0.1) is 11.6 Å². The first-order valence-corrected chi connectivity index (χ1v) is 7.69. The van der Waals surface area contributed by atoms with E-state index < -0.39 is 11.7 Å². The van der Waals surface area contributed by atoms with E-state index >= 15 is 0 Å². The molecule has 1 unspecified atom stereocenters. The third-order valence-electron chi connectivity index (χ3n) is 2.62. The van der Waals surface area contributed by atoms with Crippen molar-refractivity contribution in [2.75, 3.05) is 5.32 Å². The molecule has 0 saturated carbocycles. The van der Waals surface area contributed by atoms with Crippen LogP contribution >= 0.6 is 38.9 Å². The third kappa shape index (κ3) is 3.90. The van der Waals surface area contributed by atoms with Crippen LogP contribution in [0.1, 0.15) is 23.4 Å². The van der Waals surface area contributed by atoms with E-state index in [1.807, 2.05) is 18.4 Å². The van der Waals surface area contributed by atoms with Crippen LogP contribution in [-0.2, 0) is 6.18 Å². The zero-order valence-electron chi connectivity index (χ0n) is 10.3. The maximum atomic E-state index is 12.7. The molecule has 1 aromatic carbocycles. The van der Waals surface area contributed by atoms with Crippen LogP contribution in [0.3, 0.4) is 0 Å². The summed E-state index contributed by atoms with van der Waals surface area (Å²) >= 11 is 10.6. The van der Waals surface area contributed by atoms with Gasteiger partial charge in [-0.1, -0.05) is 11.6 Å². The molecule has 0 saturated heterocycles. The topological polar surface area (TPSA) is 12.0 Å². The lowest BCUT2D eigenvalue weighted by atomic mass is 10.1. The molecule has 2 aromatic rings. The smallest absolute Gasteiger partial charge is 0.378 e. The Morgan fingerprint density at radius 3 is 2.50 bits per heavy atom. The second-order valence-electron chi connectivity index (χ2n) is 4.26. The van der Waals surface area contributed by atoms with Crippen molar-refractivity contribution in [3.8, 4) is 0 Å². The number of hydrogen-bond acceptors (Lipinski definition) is 2. The van der Waals surface area contributed by atoms with Gasteiger partial charge >= 0.3 is 6.18 Å². The van der Waals surface area contributed by atoms with Crippen molar-refractivity contribution in [1.82, 2.24) is 0 Å². The molecule has 1 atom stereocenters. The van der Waals surface area contributed by atoms with Crippen molar-refractivity contribution in [3.05, 3.63) is 49.6 Å². The largest absolute Gasteiger partial charge is 0.416 e. The summed E-state index contributed by atoms with van der Waals surface area (Å²) in [5.41, 5.74) is -0.408. The van der Waals surface area contributed by atoms with Crippen molar-refractivity contribution in [2.45, 2.75) is 19.1 Å². The van der Waals surface area contributed by atoms with Gasteiger partial charge in [-0.15, -0.1) is 11.3 Å². The van der Waals surface area contributed by atoms with Crippen LogP contribution in [0.5, 0.6) is 0 Å². The molecule has 0 spiro atoms. The molecule has 0 bridgehead atoms. The molecule has 108 valence electrons. The van der Waals surface area contributed by atoms with Crippen LogP contribution in [0.15, 0.2) is 34.1 Å². The van der Waals surface area contributed by atoms with Crippen molar-refractivity contribution >= 4 is 44.6 Å². The van der Waals surface area contributed by atoms with Crippen LogP contribution in [0, 0.1) is 0 Å². The number of hydrogen-bond donors (Lipinski definition) is 1. The van der Waals surface area contributed by atoms with Crippen LogP contribution in [-0.4, -0.2) is 0 Å². The highest BCUT2D eigenvalue weighted by Gasteiger charge is 2.31. The zero-order chi connectivity index (χ0) is 14.9. The number of anilines is 1. The summed E-state index contributed by atoms with van der Waals surface area (Å²) < 4.78 is 39.1. The highest BCUT2D eigenvalue weighted by molar-refractivity contribution is 9.10. The van der Waals surface area contributed by atoms with Gasteiger partial charge in [0.2, 0.25) is 0 Å². The Morgan fingerprint density at radius 2 is 1.95 bits per heavy atom. The molecule has 7 heteroatoms. The van der Waals surface area contributed by atoms with Gasteiger partial charge in [-0.3, -0.25) is 0 Å². The fourth-order valence-electron chi connectivity index (χ4n) is 1.71. The Bertz CT molecular complexity index is 612.